The summed E-state index contributed by atoms with van der Waals surface area (Å²) in [7, 11) is 0. The molecule has 0 aliphatic carbocycles. The molecular weight excluding hydrogens is 980 g/mol. The van der Waals surface area contributed by atoms with Crippen LogP contribution < -0.4 is 0 Å². The molecule has 0 radical (unpaired) electrons. The molecule has 0 unspecified atom stereocenters. The summed E-state index contributed by atoms with van der Waals surface area (Å²) in [5, 5.41) is 11.1. The van der Waals surface area contributed by atoms with Gasteiger partial charge in [0.25, 0.3) is 0 Å². The first-order valence-corrected chi connectivity index (χ1v) is 21.4. The number of halogens is 2. The van der Waals surface area contributed by atoms with Crippen molar-refractivity contribution in [2.75, 3.05) is 0 Å². The molecular formula is C46H50Cl2Hf2. The van der Waals surface area contributed by atoms with Gasteiger partial charge in [-0.1, -0.05) is 74.2 Å². The normalized spacial score (nSPS) is 9.68. The molecule has 0 bridgehead atoms. The van der Waals surface area contributed by atoms with E-state index in [1.165, 1.54) is 87.6 Å². The Labute approximate surface area is 342 Å². The van der Waals surface area contributed by atoms with Crippen LogP contribution in [0.15, 0.2) is 121 Å². The molecule has 0 saturated heterocycles. The van der Waals surface area contributed by atoms with Crippen LogP contribution in [0.2, 0.25) is 0 Å². The molecule has 8 aromatic rings. The Kier molecular flexibility index (Phi) is 20.3. The van der Waals surface area contributed by atoms with Crippen LogP contribution >= 0.6 is 24.8 Å². The first kappa shape index (κ1) is 45.4. The number of hydrogen-bond donors (Lipinski definition) is 0. The van der Waals surface area contributed by atoms with E-state index in [0.717, 1.165) is 47.8 Å². The summed E-state index contributed by atoms with van der Waals surface area (Å²) in [6, 6.07) is 43.3. The van der Waals surface area contributed by atoms with Gasteiger partial charge in [0.1, 0.15) is 0 Å². The van der Waals surface area contributed by atoms with Crippen molar-refractivity contribution in [3.05, 3.63) is 166 Å². The monoisotopic (exact) mass is 1030 g/mol. The number of benzene rings is 4. The zero-order valence-corrected chi connectivity index (χ0v) is 39.6. The van der Waals surface area contributed by atoms with E-state index >= 15 is 0 Å². The molecule has 0 aromatic heterocycles. The molecule has 256 valence electrons. The fourth-order valence-electron chi connectivity index (χ4n) is 6.15. The summed E-state index contributed by atoms with van der Waals surface area (Å²) in [5.74, 6) is 0. The van der Waals surface area contributed by atoms with Crippen LogP contribution in [0.25, 0.3) is 43.1 Å². The second-order valence-corrected chi connectivity index (χ2v) is 12.2. The predicted molar refractivity (Wildman–Crippen MR) is 225 cm³/mol. The SMILES string of the molecule is Cc1ccc(C)c2[cH-]ccc12.Cc1ccc(C)c2[cH-]ccc12.Cc1ccc(C)c2[cH-]ccc12.Cc1ccc(C)c2[cH-]ccc12.Cl.Cl.[CH2]=[Hf+2].[CH2]=[Hf+2]. The molecule has 0 fully saturated rings. The van der Waals surface area contributed by atoms with Crippen LogP contribution in [0.3, 0.4) is 0 Å². The van der Waals surface area contributed by atoms with E-state index in [2.05, 4.69) is 185 Å². The predicted octanol–water partition coefficient (Wildman–Crippen LogP) is 13.5. The van der Waals surface area contributed by atoms with E-state index < -0.39 is 0 Å². The fourth-order valence-corrected chi connectivity index (χ4v) is 6.15. The Morgan fingerprint density at radius 2 is 0.460 bits per heavy atom. The van der Waals surface area contributed by atoms with Gasteiger partial charge in [-0.2, -0.15) is 48.5 Å². The topological polar surface area (TPSA) is 0 Å². The molecule has 0 aliphatic rings. The Morgan fingerprint density at radius 1 is 0.300 bits per heavy atom. The van der Waals surface area contributed by atoms with Gasteiger partial charge in [-0.25, -0.2) is 0 Å². The molecule has 0 saturated carbocycles. The van der Waals surface area contributed by atoms with Crippen LogP contribution in [0.1, 0.15) is 44.5 Å². The molecule has 0 nitrogen and oxygen atoms in total. The summed E-state index contributed by atoms with van der Waals surface area (Å²) in [5.41, 5.74) is 11.0. The summed E-state index contributed by atoms with van der Waals surface area (Å²) >= 11 is 2.11. The summed E-state index contributed by atoms with van der Waals surface area (Å²) < 4.78 is 6.78. The van der Waals surface area contributed by atoms with Crippen molar-refractivity contribution in [3.8, 4) is 0 Å². The maximum absolute atomic E-state index is 3.39. The third-order valence-electron chi connectivity index (χ3n) is 9.00. The van der Waals surface area contributed by atoms with Crippen molar-refractivity contribution < 1.29 is 47.8 Å². The van der Waals surface area contributed by atoms with Crippen LogP contribution in [0.4, 0.5) is 0 Å². The van der Waals surface area contributed by atoms with Crippen molar-refractivity contribution in [3.63, 3.8) is 0 Å². The van der Waals surface area contributed by atoms with Gasteiger partial charge < -0.3 is 0 Å². The second kappa shape index (κ2) is 22.3. The van der Waals surface area contributed by atoms with Gasteiger partial charge in [0.05, 0.1) is 0 Å². The summed E-state index contributed by atoms with van der Waals surface area (Å²) in [6.07, 6.45) is 0. The van der Waals surface area contributed by atoms with E-state index in [1.807, 2.05) is 0 Å². The Hall–Kier alpha value is -2.62. The van der Waals surface area contributed by atoms with E-state index in [9.17, 15) is 0 Å². The molecule has 0 aliphatic heterocycles. The fraction of sp³-hybridized carbons (Fsp3) is 0.174. The van der Waals surface area contributed by atoms with Gasteiger partial charge >= 0.3 is 56.3 Å². The van der Waals surface area contributed by atoms with Gasteiger partial charge in [-0.3, -0.25) is 0 Å². The van der Waals surface area contributed by atoms with Gasteiger partial charge in [0, 0.05) is 0 Å². The van der Waals surface area contributed by atoms with Crippen LogP contribution in [0, 0.1) is 55.4 Å². The third kappa shape index (κ3) is 11.2. The third-order valence-corrected chi connectivity index (χ3v) is 9.00. The molecule has 0 atom stereocenters. The van der Waals surface area contributed by atoms with E-state index in [-0.39, 0.29) is 24.8 Å². The Morgan fingerprint density at radius 3 is 0.620 bits per heavy atom. The quantitative estimate of drug-likeness (QED) is 0.105. The van der Waals surface area contributed by atoms with Crippen LogP contribution in [-0.4, -0.2) is 8.52 Å². The van der Waals surface area contributed by atoms with Crippen LogP contribution in [0.5, 0.6) is 0 Å². The zero-order chi connectivity index (χ0) is 35.4. The molecule has 8 aromatic carbocycles. The number of aryl methyl sites for hydroxylation is 8. The molecule has 0 spiro atoms. The molecule has 0 N–H and O–H groups in total. The van der Waals surface area contributed by atoms with Gasteiger partial charge in [-0.15, -0.1) is 139 Å². The summed E-state index contributed by atoms with van der Waals surface area (Å²) in [4.78, 5) is 0. The second-order valence-electron chi connectivity index (χ2n) is 12.2. The van der Waals surface area contributed by atoms with Gasteiger partial charge in [-0.05, 0) is 27.7 Å². The first-order chi connectivity index (χ1) is 23.2. The standard InChI is InChI=1S/4C11H11.2CH2.2ClH.2Hf/c4*1-8-6-7-9(2)11-5-3-4-10(8)11;;;;;;/h4*3-7H,1-2H3;2*1H2;2*1H;;/q4*-1;;;;;2*+2. The molecule has 4 heteroatoms. The first-order valence-electron chi connectivity index (χ1n) is 16.3. The molecule has 0 heterocycles. The van der Waals surface area contributed by atoms with Gasteiger partial charge in [0.15, 0.2) is 0 Å². The molecule has 50 heavy (non-hydrogen) atoms. The van der Waals surface area contributed by atoms with Crippen molar-refractivity contribution >= 4 is 76.4 Å². The van der Waals surface area contributed by atoms with Crippen LogP contribution in [-0.2, 0) is 47.8 Å². The average molecular weight is 1030 g/mol. The number of hydrogen-bond acceptors (Lipinski definition) is 0. The van der Waals surface area contributed by atoms with Crippen molar-refractivity contribution in [2.45, 2.75) is 55.4 Å². The van der Waals surface area contributed by atoms with Crippen molar-refractivity contribution in [1.82, 2.24) is 0 Å². The zero-order valence-electron chi connectivity index (χ0n) is 30.8. The molecule has 0 amide bonds. The van der Waals surface area contributed by atoms with E-state index in [1.54, 1.807) is 0 Å². The number of fused-ring (bicyclic) bond motifs is 4. The van der Waals surface area contributed by atoms with E-state index in [4.69, 9.17) is 0 Å². The minimum absolute atomic E-state index is 0. The van der Waals surface area contributed by atoms with Gasteiger partial charge in [0.2, 0.25) is 0 Å². The summed E-state index contributed by atoms with van der Waals surface area (Å²) in [6.45, 7) is 17.2. The van der Waals surface area contributed by atoms with E-state index in [0.29, 0.717) is 0 Å². The Balaban J connectivity index is 0.000000318. The maximum atomic E-state index is 3.39. The van der Waals surface area contributed by atoms with Crippen molar-refractivity contribution in [2.24, 2.45) is 0 Å². The number of rotatable bonds is 0. The molecule has 8 rings (SSSR count). The average Bonchev–Trinajstić information content (AvgIpc) is 3.94. The Bertz CT molecular complexity index is 1740. The van der Waals surface area contributed by atoms with Crippen molar-refractivity contribution in [1.29, 1.82) is 0 Å². The minimum atomic E-state index is 0.